The first kappa shape index (κ1) is 67.9. The molecule has 4 unspecified atom stereocenters. The largest absolute Gasteiger partial charge is 0.840 e. The number of carbonyl (C=O) groups is 5. The Morgan fingerprint density at radius 2 is 1.11 bits per heavy atom. The summed E-state index contributed by atoms with van der Waals surface area (Å²) in [4.78, 5) is 66.0. The molecule has 6 rings (SSSR count). The van der Waals surface area contributed by atoms with Gasteiger partial charge in [0, 0.05) is 108 Å². The van der Waals surface area contributed by atoms with Crippen LogP contribution in [0.2, 0.25) is 10.0 Å². The van der Waals surface area contributed by atoms with Crippen molar-refractivity contribution in [2.24, 2.45) is 5.73 Å². The third-order valence-electron chi connectivity index (χ3n) is 12.8. The highest BCUT2D eigenvalue weighted by Gasteiger charge is 2.20. The van der Waals surface area contributed by atoms with Crippen molar-refractivity contribution in [1.82, 2.24) is 35.3 Å². The van der Waals surface area contributed by atoms with E-state index in [-0.39, 0.29) is 44.6 Å². The van der Waals surface area contributed by atoms with Crippen LogP contribution in [0.1, 0.15) is 39.5 Å². The highest BCUT2D eigenvalue weighted by Crippen LogP contribution is 2.36. The fourth-order valence-corrected chi connectivity index (χ4v) is 9.36. The van der Waals surface area contributed by atoms with Crippen LogP contribution in [-0.4, -0.2) is 178 Å². The average Bonchev–Trinajstić information content (AvgIpc) is 3.51. The maximum atomic E-state index is 12.5. The van der Waals surface area contributed by atoms with Crippen LogP contribution < -0.4 is 67.1 Å². The van der Waals surface area contributed by atoms with Gasteiger partial charge in [0.15, 0.2) is 0 Å². The lowest BCUT2D eigenvalue weighted by molar-refractivity contribution is -0.456. The van der Waals surface area contributed by atoms with Gasteiger partial charge < -0.3 is 96.0 Å². The second kappa shape index (κ2) is 34.7. The molecule has 0 amide bonds. The summed E-state index contributed by atoms with van der Waals surface area (Å²) in [6.07, 6.45) is 2.25. The lowest BCUT2D eigenvalue weighted by atomic mass is 10.1. The smallest absolute Gasteiger partial charge is 0.119 e. The van der Waals surface area contributed by atoms with Gasteiger partial charge in [-0.2, -0.15) is 0 Å². The van der Waals surface area contributed by atoms with E-state index in [1.165, 1.54) is 16.8 Å². The number of nitrogens with zero attached hydrogens (tertiary/aromatic N) is 5. The first-order valence-electron chi connectivity index (χ1n) is 26.2. The molecule has 23 nitrogen and oxygen atoms in total. The third kappa shape index (κ3) is 22.6. The van der Waals surface area contributed by atoms with Crippen molar-refractivity contribution in [3.63, 3.8) is 0 Å². The van der Waals surface area contributed by atoms with Crippen LogP contribution in [0.15, 0.2) is 72.8 Å². The number of nitrogens with two attached hydrogens (primary N) is 1. The van der Waals surface area contributed by atoms with Gasteiger partial charge in [0.1, 0.15) is 11.5 Å². The summed E-state index contributed by atoms with van der Waals surface area (Å²) in [5, 5.41) is 83.7. The molecular formula is C56H69Cl3N10O13-6. The molecule has 6 aromatic rings. The number of benzene rings is 4. The van der Waals surface area contributed by atoms with Crippen molar-refractivity contribution in [2.75, 3.05) is 110 Å². The summed E-state index contributed by atoms with van der Waals surface area (Å²) in [6.45, 7) is 3.18. The molecule has 0 radical (unpaired) electrons. The Hall–Kier alpha value is -6.64. The predicted octanol–water partition coefficient (Wildman–Crippen LogP) is -1.04. The van der Waals surface area contributed by atoms with Crippen molar-refractivity contribution < 1.29 is 64.1 Å². The molecule has 0 aliphatic carbocycles. The first-order valence-corrected chi connectivity index (χ1v) is 27.5. The van der Waals surface area contributed by atoms with Gasteiger partial charge in [-0.25, -0.2) is 9.97 Å². The summed E-state index contributed by atoms with van der Waals surface area (Å²) < 4.78 is 10.8. The molecule has 448 valence electrons. The molecule has 2 heterocycles. The predicted molar refractivity (Wildman–Crippen MR) is 305 cm³/mol. The van der Waals surface area contributed by atoms with E-state index >= 15 is 0 Å². The van der Waals surface area contributed by atoms with Crippen molar-refractivity contribution >= 4 is 120 Å². The average molecular weight is 1200 g/mol. The van der Waals surface area contributed by atoms with Crippen molar-refractivity contribution in [3.05, 3.63) is 82.8 Å². The number of pyridine rings is 2. The Kier molecular flexibility index (Phi) is 28.7. The Morgan fingerprint density at radius 1 is 0.622 bits per heavy atom. The third-order valence-corrected chi connectivity index (χ3v) is 13.6. The fraction of sp³-hybridized carbons (Fsp3) is 0.446. The van der Waals surface area contributed by atoms with Gasteiger partial charge in [-0.1, -0.05) is 29.4 Å². The van der Waals surface area contributed by atoms with E-state index in [2.05, 4.69) is 35.1 Å². The molecule has 4 atom stereocenters. The molecule has 6 N–H and O–H groups in total. The Morgan fingerprint density at radius 3 is 1.55 bits per heavy atom. The normalized spacial score (nSPS) is 12.8. The van der Waals surface area contributed by atoms with E-state index in [0.29, 0.717) is 29.2 Å². The number of fused-ring (bicyclic) bond motifs is 4. The number of nitrogens with one attached hydrogen (secondary N) is 4. The lowest BCUT2D eigenvalue weighted by Gasteiger charge is -2.37. The fourth-order valence-electron chi connectivity index (χ4n) is 8.70. The zero-order chi connectivity index (χ0) is 60.5. The number of alkyl halides is 1. The number of hydrogen-bond donors (Lipinski definition) is 5. The van der Waals surface area contributed by atoms with Gasteiger partial charge in [-0.15, -0.1) is 11.6 Å². The van der Waals surface area contributed by atoms with Gasteiger partial charge in [0.25, 0.3) is 0 Å². The highest BCUT2D eigenvalue weighted by atomic mass is 35.5. The first-order chi connectivity index (χ1) is 39.0. The number of likely N-dealkylation sites (N-methyl/N-ethyl adjacent to an activating group) is 1. The maximum absolute atomic E-state index is 12.5. The quantitative estimate of drug-likeness (QED) is 0.0142. The van der Waals surface area contributed by atoms with Crippen molar-refractivity contribution in [2.45, 2.75) is 63.9 Å². The zero-order valence-electron chi connectivity index (χ0n) is 46.3. The number of carbonyl (C=O) groups excluding carboxylic acids is 5. The number of ether oxygens (including phenoxy) is 2. The van der Waals surface area contributed by atoms with Gasteiger partial charge in [0.05, 0.1) is 77.5 Å². The molecule has 26 heteroatoms. The Balaban J connectivity index is 0.000000287. The van der Waals surface area contributed by atoms with Crippen LogP contribution in [-0.2, 0) is 24.0 Å². The molecule has 0 bridgehead atoms. The summed E-state index contributed by atoms with van der Waals surface area (Å²) >= 11 is 18.0. The second-order valence-electron chi connectivity index (χ2n) is 19.3. The minimum Gasteiger partial charge on any atom is -0.840 e. The van der Waals surface area contributed by atoms with E-state index in [9.17, 15) is 54.6 Å². The lowest BCUT2D eigenvalue weighted by Crippen LogP contribution is -2.56. The second-order valence-corrected chi connectivity index (χ2v) is 20.5. The van der Waals surface area contributed by atoms with Crippen LogP contribution in [0, 0.1) is 0 Å². The van der Waals surface area contributed by atoms with E-state index in [0.717, 1.165) is 97.1 Å². The molecule has 0 saturated heterocycles. The number of methoxy groups -OCH3 is 2. The van der Waals surface area contributed by atoms with Crippen LogP contribution in [0.5, 0.6) is 11.5 Å². The highest BCUT2D eigenvalue weighted by molar-refractivity contribution is 6.32. The van der Waals surface area contributed by atoms with Gasteiger partial charge in [-0.3, -0.25) is 9.80 Å². The molecule has 0 aliphatic rings. The summed E-state index contributed by atoms with van der Waals surface area (Å²) in [7, 11) is 4.75. The van der Waals surface area contributed by atoms with Crippen LogP contribution >= 0.6 is 34.8 Å². The SMILES string of the molecule is CN(CC(=O)[O-])C(CCl)CN(CC(=O)[O-])CC(=O)[O-].COc1ccc2nc3cc(Cl)ccc3c(NC(C)CCCN)c2c1.COc1ccc2nc3cc(Cl)ccc3c(NC(C)CCCNCC([O-])N(CCNCC(=O)[O-])CC(=O)[O-])c2c1. The van der Waals surface area contributed by atoms with Gasteiger partial charge in [-0.05, 0) is 139 Å². The number of aliphatic carboxylic acids is 5. The van der Waals surface area contributed by atoms with Gasteiger partial charge in [0.2, 0.25) is 0 Å². The number of carboxylic acids is 5. The Labute approximate surface area is 490 Å². The Bertz CT molecular complexity index is 3060. The maximum Gasteiger partial charge on any atom is 0.119 e. The minimum absolute atomic E-state index is 0.000372. The zero-order valence-corrected chi connectivity index (χ0v) is 48.6. The van der Waals surface area contributed by atoms with E-state index < -0.39 is 68.3 Å². The van der Waals surface area contributed by atoms with Crippen molar-refractivity contribution in [1.29, 1.82) is 0 Å². The number of rotatable bonds is 33. The van der Waals surface area contributed by atoms with Crippen LogP contribution in [0.25, 0.3) is 43.6 Å². The van der Waals surface area contributed by atoms with Crippen LogP contribution in [0.4, 0.5) is 11.4 Å². The van der Waals surface area contributed by atoms with Gasteiger partial charge >= 0.3 is 0 Å². The topological polar surface area (TPSA) is 352 Å². The standard InChI is InChI=1S/C27H35ClN5O6.C19H22ClN3O.C10H17ClN2O6/c1-17(4-3-9-29-14-24(34)33(16-26(37)38)11-10-30-15-25(35)36)31-27-20-7-5-18(28)12-23(20)32-22-8-6-19(39-2)13-21(22)27;1-12(4-3-9-21)22-19-15-7-5-13(20)10-18(15)23-17-8-6-14(24-2)11-16(17)19;1-12(4-8(14)15)7(2-11)3-13(5-9(16)17)6-10(18)19/h5-8,12-13,17,24,29-30H,3-4,9-11,14-16H2,1-2H3,(H,31,32)(H,35,36)(H,37,38);5-8,10-12H,3-4,9,21H2,1-2H3,(H,22,23);7H,2-6H2,1H3,(H,14,15)(H,16,17)(H,18,19)/q-1;;/p-5. The van der Waals surface area contributed by atoms with E-state index in [1.54, 1.807) is 14.2 Å². The molecule has 0 fully saturated rings. The van der Waals surface area contributed by atoms with Crippen LogP contribution in [0.3, 0.4) is 0 Å². The molecule has 0 saturated carbocycles. The molecule has 2 aromatic heterocycles. The van der Waals surface area contributed by atoms with E-state index in [4.69, 9.17) is 60.0 Å². The summed E-state index contributed by atoms with van der Waals surface area (Å²) in [6, 6.07) is 22.9. The summed E-state index contributed by atoms with van der Waals surface area (Å²) in [5.41, 5.74) is 11.0. The number of anilines is 2. The number of halogens is 3. The molecule has 0 spiro atoms. The monoisotopic (exact) mass is 1190 g/mol. The molecule has 4 aromatic carbocycles. The van der Waals surface area contributed by atoms with E-state index in [1.807, 2.05) is 72.8 Å². The number of hydrogen-bond acceptors (Lipinski definition) is 23. The minimum atomic E-state index is -1.45. The number of aromatic nitrogens is 2. The van der Waals surface area contributed by atoms with Crippen molar-refractivity contribution in [3.8, 4) is 11.5 Å². The molecular weight excluding hydrogens is 1130 g/mol. The molecule has 0 aliphatic heterocycles. The number of carboxylic acid groups (broad SMARTS) is 5. The molecule has 82 heavy (non-hydrogen) atoms. The summed E-state index contributed by atoms with van der Waals surface area (Å²) in [5.74, 6) is -5.31.